The molecule has 5 nitrogen and oxygen atoms in total. The molecule has 2 unspecified atom stereocenters. The molecule has 3 saturated carbocycles. The van der Waals surface area contributed by atoms with E-state index in [0.29, 0.717) is 35.3 Å². The number of anilines is 1. The zero-order valence-electron chi connectivity index (χ0n) is 19.7. The molecule has 33 heavy (non-hydrogen) atoms. The standard InChI is InChI=1S/C28H37N3O2/c32-28-23(27-29-24-13-7-8-14-25(24)30-27)17-19-15-16-22(18-26(19)33-28)31(20-9-3-1-4-10-20)21-11-5-2-6-12-21/h15-18,20-21,24-25H,1-14H2,(H,29,30). The van der Waals surface area contributed by atoms with E-state index in [1.54, 1.807) is 0 Å². The third-order valence-electron chi connectivity index (χ3n) is 8.56. The van der Waals surface area contributed by atoms with Gasteiger partial charge in [-0.25, -0.2) is 4.79 Å². The molecule has 3 aliphatic carbocycles. The molecule has 0 radical (unpaired) electrons. The van der Waals surface area contributed by atoms with Gasteiger partial charge in [0.25, 0.3) is 0 Å². The van der Waals surface area contributed by atoms with Crippen LogP contribution in [-0.2, 0) is 0 Å². The molecule has 3 fully saturated rings. The van der Waals surface area contributed by atoms with Crippen LogP contribution in [-0.4, -0.2) is 30.0 Å². The molecular weight excluding hydrogens is 410 g/mol. The summed E-state index contributed by atoms with van der Waals surface area (Å²) in [7, 11) is 0. The highest BCUT2D eigenvalue weighted by Crippen LogP contribution is 2.35. The molecule has 2 aromatic rings. The van der Waals surface area contributed by atoms with Gasteiger partial charge in [0.2, 0.25) is 0 Å². The smallest absolute Gasteiger partial charge is 0.347 e. The van der Waals surface area contributed by atoms with Crippen molar-refractivity contribution in [1.29, 1.82) is 0 Å². The maximum Gasteiger partial charge on any atom is 0.347 e. The van der Waals surface area contributed by atoms with Crippen LogP contribution >= 0.6 is 0 Å². The molecule has 1 aliphatic heterocycles. The fourth-order valence-corrected chi connectivity index (χ4v) is 6.82. The second-order valence-electron chi connectivity index (χ2n) is 10.7. The Balaban J connectivity index is 1.33. The Morgan fingerprint density at radius 2 is 1.48 bits per heavy atom. The summed E-state index contributed by atoms with van der Waals surface area (Å²) < 4.78 is 5.92. The lowest BCUT2D eigenvalue weighted by Crippen LogP contribution is -2.45. The molecule has 5 heteroatoms. The van der Waals surface area contributed by atoms with Gasteiger partial charge < -0.3 is 14.6 Å². The monoisotopic (exact) mass is 447 g/mol. The van der Waals surface area contributed by atoms with Crippen molar-refractivity contribution in [3.63, 3.8) is 0 Å². The molecule has 6 rings (SSSR count). The van der Waals surface area contributed by atoms with E-state index in [1.165, 1.54) is 82.7 Å². The van der Waals surface area contributed by atoms with Gasteiger partial charge >= 0.3 is 5.63 Å². The molecule has 2 heterocycles. The van der Waals surface area contributed by atoms with Crippen LogP contribution in [0.2, 0.25) is 0 Å². The Morgan fingerprint density at radius 1 is 0.818 bits per heavy atom. The summed E-state index contributed by atoms with van der Waals surface area (Å²) >= 11 is 0. The molecule has 1 N–H and O–H groups in total. The average molecular weight is 448 g/mol. The lowest BCUT2D eigenvalue weighted by molar-refractivity contribution is 0.340. The first-order chi connectivity index (χ1) is 16.3. The van der Waals surface area contributed by atoms with E-state index in [2.05, 4.69) is 28.4 Å². The number of fused-ring (bicyclic) bond motifs is 2. The lowest BCUT2D eigenvalue weighted by atomic mass is 9.88. The van der Waals surface area contributed by atoms with Crippen LogP contribution in [0.3, 0.4) is 0 Å². The second-order valence-corrected chi connectivity index (χ2v) is 10.7. The first-order valence-electron chi connectivity index (χ1n) is 13.5. The first kappa shape index (κ1) is 21.2. The predicted molar refractivity (Wildman–Crippen MR) is 134 cm³/mol. The van der Waals surface area contributed by atoms with Gasteiger partial charge in [0.1, 0.15) is 17.0 Å². The molecular formula is C28H37N3O2. The third-order valence-corrected chi connectivity index (χ3v) is 8.56. The predicted octanol–water partition coefficient (Wildman–Crippen LogP) is 5.93. The first-order valence-corrected chi connectivity index (χ1v) is 13.5. The van der Waals surface area contributed by atoms with Crippen molar-refractivity contribution >= 4 is 22.5 Å². The number of amidine groups is 1. The number of rotatable bonds is 4. The number of aliphatic imine (C=N–C) groups is 1. The second kappa shape index (κ2) is 9.15. The highest BCUT2D eigenvalue weighted by molar-refractivity contribution is 6.02. The number of hydrogen-bond acceptors (Lipinski definition) is 5. The van der Waals surface area contributed by atoms with Gasteiger partial charge in [0.15, 0.2) is 0 Å². The molecule has 4 aliphatic rings. The van der Waals surface area contributed by atoms with Crippen LogP contribution < -0.4 is 15.8 Å². The van der Waals surface area contributed by atoms with Crippen molar-refractivity contribution in [2.75, 3.05) is 4.90 Å². The van der Waals surface area contributed by atoms with Crippen molar-refractivity contribution in [1.82, 2.24) is 5.32 Å². The number of nitrogens with zero attached hydrogens (tertiary/aromatic N) is 2. The summed E-state index contributed by atoms with van der Waals surface area (Å²) in [6.45, 7) is 0. The largest absolute Gasteiger partial charge is 0.422 e. The summed E-state index contributed by atoms with van der Waals surface area (Å²) in [6.07, 6.45) is 17.9. The average Bonchev–Trinajstić information content (AvgIpc) is 3.29. The fourth-order valence-electron chi connectivity index (χ4n) is 6.82. The van der Waals surface area contributed by atoms with Crippen molar-refractivity contribution in [3.05, 3.63) is 40.2 Å². The van der Waals surface area contributed by atoms with E-state index < -0.39 is 0 Å². The van der Waals surface area contributed by atoms with Gasteiger partial charge in [-0.1, -0.05) is 51.4 Å². The van der Waals surface area contributed by atoms with Crippen molar-refractivity contribution in [3.8, 4) is 0 Å². The van der Waals surface area contributed by atoms with Crippen molar-refractivity contribution in [2.45, 2.75) is 114 Å². The molecule has 176 valence electrons. The van der Waals surface area contributed by atoms with Gasteiger partial charge in [-0.3, -0.25) is 4.99 Å². The molecule has 0 spiro atoms. The molecule has 2 atom stereocenters. The summed E-state index contributed by atoms with van der Waals surface area (Å²) in [4.78, 5) is 20.6. The summed E-state index contributed by atoms with van der Waals surface area (Å²) in [5, 5.41) is 4.50. The van der Waals surface area contributed by atoms with Gasteiger partial charge in [0, 0.05) is 35.3 Å². The van der Waals surface area contributed by atoms with E-state index in [-0.39, 0.29) is 5.63 Å². The molecule has 1 aromatic heterocycles. The quantitative estimate of drug-likeness (QED) is 0.591. The topological polar surface area (TPSA) is 57.8 Å². The zero-order chi connectivity index (χ0) is 22.2. The van der Waals surface area contributed by atoms with Crippen molar-refractivity contribution < 1.29 is 4.42 Å². The minimum atomic E-state index is -0.272. The van der Waals surface area contributed by atoms with E-state index in [0.717, 1.165) is 24.1 Å². The maximum absolute atomic E-state index is 13.0. The fraction of sp³-hybridized carbons (Fsp3) is 0.643. The van der Waals surface area contributed by atoms with Crippen LogP contribution in [0, 0.1) is 0 Å². The van der Waals surface area contributed by atoms with Crippen LogP contribution in [0.5, 0.6) is 0 Å². The Morgan fingerprint density at radius 3 is 2.18 bits per heavy atom. The minimum Gasteiger partial charge on any atom is -0.422 e. The van der Waals surface area contributed by atoms with E-state index >= 15 is 0 Å². The van der Waals surface area contributed by atoms with Gasteiger partial charge in [-0.15, -0.1) is 0 Å². The third kappa shape index (κ3) is 4.20. The molecule has 1 aromatic carbocycles. The maximum atomic E-state index is 13.0. The van der Waals surface area contributed by atoms with Crippen LogP contribution in [0.1, 0.15) is 95.5 Å². The normalized spacial score (nSPS) is 26.6. The lowest BCUT2D eigenvalue weighted by Gasteiger charge is -2.43. The number of nitrogens with one attached hydrogen (secondary N) is 1. The Bertz CT molecular complexity index is 1060. The number of hydrogen-bond donors (Lipinski definition) is 1. The van der Waals surface area contributed by atoms with E-state index in [4.69, 9.17) is 9.41 Å². The number of benzene rings is 1. The Labute approximate surface area is 196 Å². The minimum absolute atomic E-state index is 0.272. The highest BCUT2D eigenvalue weighted by Gasteiger charge is 2.33. The van der Waals surface area contributed by atoms with Crippen LogP contribution in [0.4, 0.5) is 5.69 Å². The highest BCUT2D eigenvalue weighted by atomic mass is 16.4. The van der Waals surface area contributed by atoms with Gasteiger partial charge in [-0.05, 0) is 56.7 Å². The zero-order valence-corrected chi connectivity index (χ0v) is 19.7. The van der Waals surface area contributed by atoms with Crippen LogP contribution in [0.25, 0.3) is 11.0 Å². The SMILES string of the molecule is O=c1oc2cc(N(C3CCCCC3)C3CCCCC3)ccc2cc1C1=NC2CCCCC2N1. The van der Waals surface area contributed by atoms with E-state index in [9.17, 15) is 4.79 Å². The van der Waals surface area contributed by atoms with Gasteiger partial charge in [0.05, 0.1) is 6.04 Å². The molecule has 0 amide bonds. The summed E-state index contributed by atoms with van der Waals surface area (Å²) in [6, 6.07) is 10.5. The Hall–Kier alpha value is -2.30. The van der Waals surface area contributed by atoms with E-state index in [1.807, 2.05) is 6.07 Å². The van der Waals surface area contributed by atoms with Crippen LogP contribution in [0.15, 0.2) is 38.5 Å². The summed E-state index contributed by atoms with van der Waals surface area (Å²) in [5.74, 6) is 0.734. The molecule has 0 saturated heterocycles. The summed E-state index contributed by atoms with van der Waals surface area (Å²) in [5.41, 5.74) is 2.25. The van der Waals surface area contributed by atoms with Gasteiger partial charge in [-0.2, -0.15) is 0 Å². The Kier molecular flexibility index (Phi) is 5.89. The van der Waals surface area contributed by atoms with Crippen molar-refractivity contribution in [2.24, 2.45) is 4.99 Å². The molecule has 0 bridgehead atoms.